The first-order valence-corrected chi connectivity index (χ1v) is 7.77. The number of aliphatic imine (C=N–C) groups is 2. The highest BCUT2D eigenvalue weighted by Crippen LogP contribution is 2.32. The quantitative estimate of drug-likeness (QED) is 0.517. The minimum absolute atomic E-state index is 0.132. The molecule has 2 heterocycles. The molecule has 0 saturated heterocycles. The van der Waals surface area contributed by atoms with E-state index in [0.29, 0.717) is 17.1 Å². The summed E-state index contributed by atoms with van der Waals surface area (Å²) in [5, 5.41) is 22.1. The molecule has 0 spiro atoms. The monoisotopic (exact) mass is 357 g/mol. The number of nitro groups is 1. The molecule has 1 aliphatic rings. The maximum absolute atomic E-state index is 11.4. The molecule has 1 N–H and O–H groups in total. The zero-order chi connectivity index (χ0) is 18.3. The fourth-order valence-corrected chi connectivity index (χ4v) is 2.85. The van der Waals surface area contributed by atoms with Crippen LogP contribution in [0.3, 0.4) is 0 Å². The summed E-state index contributed by atoms with van der Waals surface area (Å²) >= 11 is 5.38. The number of nitrogens with zero attached hydrogens (tertiary/aromatic N) is 5. The first-order chi connectivity index (χ1) is 11.8. The molecule has 1 aliphatic heterocycles. The number of aryl methyl sites for hydroxylation is 1. The van der Waals surface area contributed by atoms with Crippen molar-refractivity contribution in [2.45, 2.75) is 13.8 Å². The molecular formula is C16H15N5O3S. The van der Waals surface area contributed by atoms with Crippen LogP contribution < -0.4 is 0 Å². The number of imidazole rings is 1. The molecule has 1 aromatic carbocycles. The smallest absolute Gasteiger partial charge is 0.293 e. The standard InChI is InChI=1S/C16H15N5O3S/c1-9-4-5-12(13(6-9)21(23)24)20-15(22)14(19(3)16(20)25)7-11-10(2)17-8-18-11/h4-8,22H,1-3H3. The van der Waals surface area contributed by atoms with Crippen molar-refractivity contribution >= 4 is 36.0 Å². The fourth-order valence-electron chi connectivity index (χ4n) is 2.56. The van der Waals surface area contributed by atoms with Crippen LogP contribution in [0, 0.1) is 21.8 Å². The maximum Gasteiger partial charge on any atom is 0.293 e. The Kier molecular flexibility index (Phi) is 4.09. The van der Waals surface area contributed by atoms with Gasteiger partial charge in [-0.1, -0.05) is 6.07 Å². The van der Waals surface area contributed by atoms with Crippen LogP contribution in [0.4, 0.5) is 5.69 Å². The average molecular weight is 357 g/mol. The Labute approximate surface area is 148 Å². The molecule has 1 aromatic heterocycles. The van der Waals surface area contributed by atoms with Crippen molar-refractivity contribution in [1.82, 2.24) is 9.13 Å². The first kappa shape index (κ1) is 16.8. The van der Waals surface area contributed by atoms with Gasteiger partial charge in [0, 0.05) is 13.1 Å². The Morgan fingerprint density at radius 2 is 2.08 bits per heavy atom. The molecule has 0 fully saturated rings. The summed E-state index contributed by atoms with van der Waals surface area (Å²) < 4.78 is 3.08. The molecule has 3 rings (SSSR count). The largest absolute Gasteiger partial charge is 0.493 e. The summed E-state index contributed by atoms with van der Waals surface area (Å²) in [6.45, 7) is 3.56. The van der Waals surface area contributed by atoms with E-state index in [2.05, 4.69) is 9.98 Å². The van der Waals surface area contributed by atoms with Crippen LogP contribution in [0.15, 0.2) is 33.9 Å². The minimum Gasteiger partial charge on any atom is -0.493 e. The Morgan fingerprint density at radius 1 is 1.36 bits per heavy atom. The molecule has 8 nitrogen and oxygen atoms in total. The van der Waals surface area contributed by atoms with E-state index in [1.807, 2.05) is 0 Å². The Balaban J connectivity index is 2.26. The molecular weight excluding hydrogens is 342 g/mol. The lowest BCUT2D eigenvalue weighted by Crippen LogP contribution is -2.01. The van der Waals surface area contributed by atoms with Crippen molar-refractivity contribution in [3.05, 3.63) is 50.0 Å². The number of hydrogen-bond acceptors (Lipinski definition) is 6. The molecule has 0 atom stereocenters. The number of nitro benzene ring substituents is 1. The zero-order valence-electron chi connectivity index (χ0n) is 13.8. The third kappa shape index (κ3) is 2.78. The number of benzene rings is 1. The van der Waals surface area contributed by atoms with Gasteiger partial charge in [-0.3, -0.25) is 10.1 Å². The van der Waals surface area contributed by atoms with E-state index in [4.69, 9.17) is 12.2 Å². The van der Waals surface area contributed by atoms with Gasteiger partial charge in [-0.25, -0.2) is 14.6 Å². The summed E-state index contributed by atoms with van der Waals surface area (Å²) in [7, 11) is 1.68. The van der Waals surface area contributed by atoms with E-state index < -0.39 is 4.92 Å². The average Bonchev–Trinajstić information content (AvgIpc) is 3.05. The van der Waals surface area contributed by atoms with E-state index in [1.54, 1.807) is 43.7 Å². The van der Waals surface area contributed by atoms with Crippen molar-refractivity contribution in [2.24, 2.45) is 17.0 Å². The van der Waals surface area contributed by atoms with Crippen LogP contribution in [0.1, 0.15) is 18.2 Å². The lowest BCUT2D eigenvalue weighted by atomic mass is 10.2. The highest BCUT2D eigenvalue weighted by molar-refractivity contribution is 7.71. The molecule has 0 amide bonds. The van der Waals surface area contributed by atoms with E-state index >= 15 is 0 Å². The number of aromatic hydroxyl groups is 1. The molecule has 0 unspecified atom stereocenters. The third-order valence-electron chi connectivity index (χ3n) is 3.94. The Hall–Kier alpha value is -3.07. The molecule has 9 heteroatoms. The van der Waals surface area contributed by atoms with Gasteiger partial charge in [-0.2, -0.15) is 0 Å². The Bertz CT molecular complexity index is 1040. The molecule has 0 saturated carbocycles. The predicted molar refractivity (Wildman–Crippen MR) is 98.2 cm³/mol. The summed E-state index contributed by atoms with van der Waals surface area (Å²) in [5.41, 5.74) is 2.51. The van der Waals surface area contributed by atoms with Crippen LogP contribution in [0.2, 0.25) is 0 Å². The van der Waals surface area contributed by atoms with Gasteiger partial charge in [0.25, 0.3) is 5.69 Å². The molecule has 0 radical (unpaired) electrons. The van der Waals surface area contributed by atoms with Crippen LogP contribution in [-0.2, 0) is 7.05 Å². The lowest BCUT2D eigenvalue weighted by molar-refractivity contribution is -0.384. The number of aromatic nitrogens is 2. The minimum atomic E-state index is -0.493. The second-order valence-electron chi connectivity index (χ2n) is 5.62. The van der Waals surface area contributed by atoms with Crippen molar-refractivity contribution in [3.8, 4) is 11.6 Å². The second-order valence-corrected chi connectivity index (χ2v) is 5.99. The lowest BCUT2D eigenvalue weighted by Gasteiger charge is -2.06. The topological polar surface area (TPSA) is 98.0 Å². The van der Waals surface area contributed by atoms with Crippen molar-refractivity contribution in [1.29, 1.82) is 0 Å². The number of rotatable bonds is 3. The SMILES string of the molecule is CC1=NC=NC1=Cc1c(O)n(-c2ccc(C)cc2[N+](=O)[O-])c(=S)n1C. The van der Waals surface area contributed by atoms with E-state index in [9.17, 15) is 15.2 Å². The Morgan fingerprint density at radius 3 is 2.68 bits per heavy atom. The van der Waals surface area contributed by atoms with E-state index in [1.165, 1.54) is 17.0 Å². The highest BCUT2D eigenvalue weighted by Gasteiger charge is 2.23. The maximum atomic E-state index is 11.4. The molecule has 0 bridgehead atoms. The van der Waals surface area contributed by atoms with Gasteiger partial charge >= 0.3 is 0 Å². The predicted octanol–water partition coefficient (Wildman–Crippen LogP) is 3.31. The summed E-state index contributed by atoms with van der Waals surface area (Å²) in [5.74, 6) is -0.193. The van der Waals surface area contributed by atoms with Gasteiger partial charge in [0.05, 0.1) is 16.3 Å². The molecule has 0 aliphatic carbocycles. The fraction of sp³-hybridized carbons (Fsp3) is 0.188. The van der Waals surface area contributed by atoms with E-state index in [0.717, 1.165) is 5.56 Å². The number of hydrogen-bond donors (Lipinski definition) is 1. The second kappa shape index (κ2) is 6.10. The van der Waals surface area contributed by atoms with Crippen molar-refractivity contribution in [3.63, 3.8) is 0 Å². The van der Waals surface area contributed by atoms with Gasteiger partial charge in [-0.05, 0) is 43.8 Å². The van der Waals surface area contributed by atoms with Crippen LogP contribution >= 0.6 is 12.2 Å². The van der Waals surface area contributed by atoms with E-state index in [-0.39, 0.29) is 22.0 Å². The van der Waals surface area contributed by atoms with Crippen LogP contribution in [0.25, 0.3) is 11.8 Å². The molecule has 128 valence electrons. The van der Waals surface area contributed by atoms with Crippen molar-refractivity contribution in [2.75, 3.05) is 0 Å². The first-order valence-electron chi connectivity index (χ1n) is 7.36. The van der Waals surface area contributed by atoms with Crippen LogP contribution in [0.5, 0.6) is 5.88 Å². The molecule has 25 heavy (non-hydrogen) atoms. The zero-order valence-corrected chi connectivity index (χ0v) is 14.6. The molecule has 2 aromatic rings. The summed E-state index contributed by atoms with van der Waals surface area (Å²) in [6, 6.07) is 4.74. The summed E-state index contributed by atoms with van der Waals surface area (Å²) in [6.07, 6.45) is 3.07. The number of allylic oxidation sites excluding steroid dienone is 1. The van der Waals surface area contributed by atoms with Gasteiger partial charge in [0.1, 0.15) is 17.7 Å². The van der Waals surface area contributed by atoms with Gasteiger partial charge in [-0.15, -0.1) is 0 Å². The van der Waals surface area contributed by atoms with Gasteiger partial charge in [0.15, 0.2) is 4.77 Å². The highest BCUT2D eigenvalue weighted by atomic mass is 32.1. The van der Waals surface area contributed by atoms with Crippen molar-refractivity contribution < 1.29 is 10.0 Å². The van der Waals surface area contributed by atoms with Gasteiger partial charge < -0.3 is 9.67 Å². The third-order valence-corrected chi connectivity index (χ3v) is 4.40. The van der Waals surface area contributed by atoms with Gasteiger partial charge in [0.2, 0.25) is 5.88 Å². The van der Waals surface area contributed by atoms with Crippen LogP contribution in [-0.4, -0.2) is 31.2 Å². The summed E-state index contributed by atoms with van der Waals surface area (Å²) in [4.78, 5) is 19.1. The normalized spacial score (nSPS) is 15.0.